The number of hydrogen-bond acceptors (Lipinski definition) is 4. The van der Waals surface area contributed by atoms with Crippen molar-refractivity contribution in [2.75, 3.05) is 6.61 Å². The number of carbonyl (C=O) groups excluding carboxylic acids is 1. The summed E-state index contributed by atoms with van der Waals surface area (Å²) in [7, 11) is 0. The van der Waals surface area contributed by atoms with Gasteiger partial charge in [0.1, 0.15) is 5.75 Å². The quantitative estimate of drug-likeness (QED) is 0.320. The summed E-state index contributed by atoms with van der Waals surface area (Å²) in [4.78, 5) is 25.8. The number of benzene rings is 2. The summed E-state index contributed by atoms with van der Waals surface area (Å²) >= 11 is 1.50. The lowest BCUT2D eigenvalue weighted by Crippen LogP contribution is -2.33. The maximum Gasteiger partial charge on any atom is 0.303 e. The van der Waals surface area contributed by atoms with Crippen molar-refractivity contribution in [3.05, 3.63) is 76.5 Å². The monoisotopic (exact) mass is 467 g/mol. The van der Waals surface area contributed by atoms with Crippen molar-refractivity contribution in [2.45, 2.75) is 51.0 Å². The van der Waals surface area contributed by atoms with Crippen molar-refractivity contribution in [2.24, 2.45) is 0 Å². The first-order valence-corrected chi connectivity index (χ1v) is 11.9. The summed E-state index contributed by atoms with van der Waals surface area (Å²) in [5.74, 6) is -0.830. The molecule has 2 unspecified atom stereocenters. The maximum atomic E-state index is 14.0. The highest BCUT2D eigenvalue weighted by Gasteiger charge is 2.34. The lowest BCUT2D eigenvalue weighted by Gasteiger charge is -2.25. The van der Waals surface area contributed by atoms with Gasteiger partial charge >= 0.3 is 5.97 Å². The molecular weight excluding hydrogens is 434 g/mol. The predicted molar refractivity (Wildman–Crippen MR) is 131 cm³/mol. The molecule has 2 aromatic carbocycles. The first kappa shape index (κ1) is 18.3. The Bertz CT molecular complexity index is 1250. The van der Waals surface area contributed by atoms with E-state index in [-0.39, 0.29) is 13.0 Å². The highest BCUT2D eigenvalue weighted by Crippen LogP contribution is 2.34. The molecule has 1 amide bonds. The molecule has 4 rings (SSSR count). The molecule has 5 nitrogen and oxygen atoms in total. The molecular formula is C27H29NO4S. The van der Waals surface area contributed by atoms with E-state index in [1.54, 1.807) is 36.4 Å². The zero-order valence-electron chi connectivity index (χ0n) is 22.2. The molecule has 0 bridgehead atoms. The SMILES string of the molecule is [2H]C1C([2H])([2H])C1([2H])N(Cc1ccccc1OCCCCCC(=O)O)C(=O)c1ccccc1-c1ccsc1. The van der Waals surface area contributed by atoms with Gasteiger partial charge in [0.25, 0.3) is 5.91 Å². The number of ether oxygens (including phenoxy) is 1. The fraction of sp³-hybridized carbons (Fsp3) is 0.333. The molecule has 1 saturated carbocycles. The second kappa shape index (κ2) is 11.1. The largest absolute Gasteiger partial charge is 0.493 e. The van der Waals surface area contributed by atoms with E-state index >= 15 is 0 Å². The van der Waals surface area contributed by atoms with Crippen molar-refractivity contribution in [1.82, 2.24) is 4.90 Å². The van der Waals surface area contributed by atoms with Gasteiger partial charge in [-0.15, -0.1) is 0 Å². The van der Waals surface area contributed by atoms with Gasteiger partial charge in [-0.1, -0.05) is 36.4 Å². The van der Waals surface area contributed by atoms with E-state index in [1.807, 2.05) is 29.0 Å². The average molecular weight is 468 g/mol. The highest BCUT2D eigenvalue weighted by molar-refractivity contribution is 7.08. The van der Waals surface area contributed by atoms with Gasteiger partial charge in [-0.05, 0) is 72.1 Å². The first-order valence-electron chi connectivity index (χ1n) is 13.0. The third-order valence-corrected chi connectivity index (χ3v) is 6.08. The number of hydrogen-bond donors (Lipinski definition) is 1. The number of nitrogens with zero attached hydrogens (tertiary/aromatic N) is 1. The first-order chi connectivity index (χ1) is 17.7. The van der Waals surface area contributed by atoms with Crippen LogP contribution in [0.1, 0.15) is 59.9 Å². The average Bonchev–Trinajstić information content (AvgIpc) is 3.27. The summed E-state index contributed by atoms with van der Waals surface area (Å²) in [6, 6.07) is 14.0. The standard InChI is InChI=1S/C27H29NO4S/c29-26(30)12-2-1-7-16-32-25-11-6-3-8-20(25)18-28(22-13-14-22)27(31)24-10-5-4-9-23(24)21-15-17-33-19-21/h3-6,8-11,15,17,19,22H,1-2,7,12-14,16,18H2,(H,29,30)/i13D,14D2,22D. The molecule has 0 aliphatic heterocycles. The van der Waals surface area contributed by atoms with E-state index in [4.69, 9.17) is 15.3 Å². The van der Waals surface area contributed by atoms with Crippen LogP contribution < -0.4 is 4.74 Å². The van der Waals surface area contributed by atoms with Gasteiger partial charge in [-0.2, -0.15) is 11.3 Å². The predicted octanol–water partition coefficient (Wildman–Crippen LogP) is 6.24. The Morgan fingerprint density at radius 3 is 2.67 bits per heavy atom. The summed E-state index contributed by atoms with van der Waals surface area (Å²) in [6.07, 6.45) is -1.54. The lowest BCUT2D eigenvalue weighted by atomic mass is 10.0. The van der Waals surface area contributed by atoms with E-state index < -0.39 is 30.7 Å². The number of rotatable bonds is 12. The second-order valence-corrected chi connectivity index (χ2v) is 8.56. The summed E-state index contributed by atoms with van der Waals surface area (Å²) in [6.45, 7) is 0.268. The van der Waals surface area contributed by atoms with Crippen LogP contribution >= 0.6 is 11.3 Å². The molecule has 1 aliphatic carbocycles. The Morgan fingerprint density at radius 1 is 1.12 bits per heavy atom. The van der Waals surface area contributed by atoms with Crippen LogP contribution in [0, 0.1) is 0 Å². The second-order valence-electron chi connectivity index (χ2n) is 7.78. The minimum atomic E-state index is -2.18. The molecule has 2 atom stereocenters. The molecule has 1 fully saturated rings. The molecule has 6 heteroatoms. The topological polar surface area (TPSA) is 66.8 Å². The molecule has 0 radical (unpaired) electrons. The molecule has 1 aliphatic rings. The summed E-state index contributed by atoms with van der Waals surface area (Å²) in [5, 5.41) is 12.6. The van der Waals surface area contributed by atoms with Crippen molar-refractivity contribution in [3.63, 3.8) is 0 Å². The Balaban J connectivity index is 1.59. The van der Waals surface area contributed by atoms with Crippen LogP contribution in [0.5, 0.6) is 5.75 Å². The molecule has 0 saturated heterocycles. The van der Waals surface area contributed by atoms with Gasteiger partial charge in [0.15, 0.2) is 0 Å². The lowest BCUT2D eigenvalue weighted by molar-refractivity contribution is -0.137. The van der Waals surface area contributed by atoms with Crippen LogP contribution in [0.3, 0.4) is 0 Å². The fourth-order valence-electron chi connectivity index (χ4n) is 3.62. The number of para-hydroxylation sites is 1. The Morgan fingerprint density at radius 2 is 1.91 bits per heavy atom. The molecule has 172 valence electrons. The molecule has 1 N–H and O–H groups in total. The minimum Gasteiger partial charge on any atom is -0.493 e. The molecule has 0 spiro atoms. The van der Waals surface area contributed by atoms with E-state index in [0.717, 1.165) is 10.5 Å². The third-order valence-electron chi connectivity index (χ3n) is 5.39. The summed E-state index contributed by atoms with van der Waals surface area (Å²) < 4.78 is 39.5. The third kappa shape index (κ3) is 6.23. The van der Waals surface area contributed by atoms with Gasteiger partial charge in [0, 0.05) is 34.2 Å². The Kier molecular flexibility index (Phi) is 6.19. The maximum absolute atomic E-state index is 14.0. The van der Waals surface area contributed by atoms with Crippen LogP contribution in [0.25, 0.3) is 11.1 Å². The van der Waals surface area contributed by atoms with E-state index in [9.17, 15) is 9.59 Å². The number of thiophene rings is 1. The van der Waals surface area contributed by atoms with Crippen LogP contribution in [0.15, 0.2) is 65.4 Å². The van der Waals surface area contributed by atoms with Gasteiger partial charge < -0.3 is 14.7 Å². The molecule has 1 aromatic heterocycles. The zero-order chi connectivity index (χ0) is 26.6. The van der Waals surface area contributed by atoms with Crippen LogP contribution in [0.4, 0.5) is 0 Å². The van der Waals surface area contributed by atoms with E-state index in [0.29, 0.717) is 48.3 Å². The number of carbonyl (C=O) groups is 2. The Hall–Kier alpha value is -3.12. The van der Waals surface area contributed by atoms with Crippen molar-refractivity contribution >= 4 is 23.2 Å². The number of carboxylic acid groups (broad SMARTS) is 1. The normalized spacial score (nSPS) is 22.4. The van der Waals surface area contributed by atoms with E-state index in [2.05, 4.69) is 0 Å². The van der Waals surface area contributed by atoms with Crippen LogP contribution in [0.2, 0.25) is 0 Å². The van der Waals surface area contributed by atoms with Gasteiger partial charge in [0.2, 0.25) is 0 Å². The number of carboxylic acids is 1. The zero-order valence-corrected chi connectivity index (χ0v) is 19.0. The molecule has 33 heavy (non-hydrogen) atoms. The summed E-state index contributed by atoms with van der Waals surface area (Å²) in [5.41, 5.74) is 2.51. The smallest absolute Gasteiger partial charge is 0.303 e. The van der Waals surface area contributed by atoms with Crippen molar-refractivity contribution in [1.29, 1.82) is 0 Å². The number of amides is 1. The van der Waals surface area contributed by atoms with Crippen LogP contribution in [-0.4, -0.2) is 34.5 Å². The number of aliphatic carboxylic acids is 1. The molecule has 1 heterocycles. The van der Waals surface area contributed by atoms with Crippen LogP contribution in [-0.2, 0) is 11.3 Å². The minimum absolute atomic E-state index is 0.0929. The van der Waals surface area contributed by atoms with Gasteiger partial charge in [0.05, 0.1) is 7.98 Å². The van der Waals surface area contributed by atoms with Crippen molar-refractivity contribution < 1.29 is 24.9 Å². The van der Waals surface area contributed by atoms with Gasteiger partial charge in [-0.25, -0.2) is 0 Å². The molecule has 3 aromatic rings. The fourth-order valence-corrected chi connectivity index (χ4v) is 4.28. The van der Waals surface area contributed by atoms with E-state index in [1.165, 1.54) is 11.3 Å². The van der Waals surface area contributed by atoms with Crippen molar-refractivity contribution in [3.8, 4) is 16.9 Å². The Labute approximate surface area is 204 Å². The highest BCUT2D eigenvalue weighted by atomic mass is 32.1. The number of unbranched alkanes of at least 4 members (excludes halogenated alkanes) is 2. The van der Waals surface area contributed by atoms with Gasteiger partial charge in [-0.3, -0.25) is 9.59 Å².